The summed E-state index contributed by atoms with van der Waals surface area (Å²) >= 11 is 3.86. The topological polar surface area (TPSA) is 40.9 Å². The lowest BCUT2D eigenvalue weighted by Crippen LogP contribution is -1.99. The van der Waals surface area contributed by atoms with Gasteiger partial charge in [0, 0.05) is 5.56 Å². The van der Waals surface area contributed by atoms with Gasteiger partial charge >= 0.3 is 0 Å². The molecule has 0 atom stereocenters. The quantitative estimate of drug-likeness (QED) is 0.551. The maximum absolute atomic E-state index is 11.1. The summed E-state index contributed by atoms with van der Waals surface area (Å²) in [5, 5.41) is 8.47. The van der Waals surface area contributed by atoms with Crippen LogP contribution in [0.5, 0.6) is 0 Å². The van der Waals surface area contributed by atoms with Crippen molar-refractivity contribution in [3.8, 4) is 6.07 Å². The smallest absolute Gasteiger partial charge is 0.172 e. The first-order chi connectivity index (χ1) is 5.77. The Bertz CT molecular complexity index is 323. The van der Waals surface area contributed by atoms with E-state index in [0.717, 1.165) is 0 Å². The van der Waals surface area contributed by atoms with Crippen LogP contribution < -0.4 is 0 Å². The zero-order valence-electron chi connectivity index (χ0n) is 6.32. The fraction of sp³-hybridized carbons (Fsp3) is 0.111. The number of thiol groups is 1. The second-order valence-electron chi connectivity index (χ2n) is 2.27. The molecule has 60 valence electrons. The van der Waals surface area contributed by atoms with Crippen LogP contribution in [0.3, 0.4) is 0 Å². The molecule has 0 N–H and O–H groups in total. The molecule has 0 saturated heterocycles. The van der Waals surface area contributed by atoms with Crippen LogP contribution in [0.1, 0.15) is 15.9 Å². The van der Waals surface area contributed by atoms with Crippen LogP contribution >= 0.6 is 12.6 Å². The van der Waals surface area contributed by atoms with Crippen LogP contribution in [0.15, 0.2) is 24.3 Å². The summed E-state index contributed by atoms with van der Waals surface area (Å²) in [4.78, 5) is 11.1. The second kappa shape index (κ2) is 3.93. The average Bonchev–Trinajstić information content (AvgIpc) is 2.17. The molecule has 0 saturated carbocycles. The van der Waals surface area contributed by atoms with Crippen LogP contribution in [-0.4, -0.2) is 11.5 Å². The number of carbonyl (C=O) groups is 1. The molecule has 0 spiro atoms. The first-order valence-corrected chi connectivity index (χ1v) is 4.05. The van der Waals surface area contributed by atoms with Gasteiger partial charge in [0.05, 0.1) is 17.4 Å². The fourth-order valence-corrected chi connectivity index (χ4v) is 1.00. The van der Waals surface area contributed by atoms with Crippen molar-refractivity contribution in [3.05, 3.63) is 35.4 Å². The molecule has 0 amide bonds. The Morgan fingerprint density at radius 1 is 1.42 bits per heavy atom. The van der Waals surface area contributed by atoms with Crippen molar-refractivity contribution in [2.75, 3.05) is 5.75 Å². The highest BCUT2D eigenvalue weighted by Crippen LogP contribution is 2.04. The number of carbonyl (C=O) groups excluding carboxylic acids is 1. The molecule has 12 heavy (non-hydrogen) atoms. The summed E-state index contributed by atoms with van der Waals surface area (Å²) in [5.41, 5.74) is 1.16. The minimum absolute atomic E-state index is 0.0252. The third-order valence-corrected chi connectivity index (χ3v) is 1.77. The van der Waals surface area contributed by atoms with E-state index >= 15 is 0 Å². The van der Waals surface area contributed by atoms with Gasteiger partial charge in [-0.3, -0.25) is 4.79 Å². The summed E-state index contributed by atoms with van der Waals surface area (Å²) in [6.45, 7) is 0. The monoisotopic (exact) mass is 177 g/mol. The van der Waals surface area contributed by atoms with Gasteiger partial charge in [0.25, 0.3) is 0 Å². The van der Waals surface area contributed by atoms with Crippen molar-refractivity contribution in [1.29, 1.82) is 5.26 Å². The molecule has 0 unspecified atom stereocenters. The van der Waals surface area contributed by atoms with Gasteiger partial charge in [-0.1, -0.05) is 12.1 Å². The lowest BCUT2D eigenvalue weighted by molar-refractivity contribution is 0.102. The minimum atomic E-state index is -0.0252. The van der Waals surface area contributed by atoms with Crippen molar-refractivity contribution in [2.45, 2.75) is 0 Å². The third-order valence-electron chi connectivity index (χ3n) is 1.48. The predicted molar refractivity (Wildman–Crippen MR) is 49.3 cm³/mol. The number of nitrogens with zero attached hydrogens (tertiary/aromatic N) is 1. The van der Waals surface area contributed by atoms with Crippen LogP contribution in [0.2, 0.25) is 0 Å². The van der Waals surface area contributed by atoms with E-state index in [1.54, 1.807) is 24.3 Å². The summed E-state index contributed by atoms with van der Waals surface area (Å²) in [6, 6.07) is 8.50. The van der Waals surface area contributed by atoms with Gasteiger partial charge in [-0.25, -0.2) is 0 Å². The van der Waals surface area contributed by atoms with Gasteiger partial charge in [0.2, 0.25) is 0 Å². The third kappa shape index (κ3) is 1.86. The molecule has 1 aromatic rings. The molecule has 0 heterocycles. The Balaban J connectivity index is 2.94. The molecule has 0 bridgehead atoms. The normalized spacial score (nSPS) is 9.00. The first-order valence-electron chi connectivity index (χ1n) is 3.42. The molecule has 0 aliphatic carbocycles. The Morgan fingerprint density at radius 2 is 2.00 bits per heavy atom. The molecule has 3 heteroatoms. The number of Topliss-reactive ketones (excluding diaryl/α,β-unsaturated/α-hetero) is 1. The second-order valence-corrected chi connectivity index (χ2v) is 2.59. The van der Waals surface area contributed by atoms with Crippen molar-refractivity contribution < 1.29 is 4.79 Å². The number of hydrogen-bond acceptors (Lipinski definition) is 3. The zero-order valence-corrected chi connectivity index (χ0v) is 7.21. The summed E-state index contributed by atoms with van der Waals surface area (Å²) < 4.78 is 0. The SMILES string of the molecule is N#Cc1ccc(C(=O)CS)cc1. The highest BCUT2D eigenvalue weighted by molar-refractivity contribution is 7.81. The lowest BCUT2D eigenvalue weighted by Gasteiger charge is -1.95. The van der Waals surface area contributed by atoms with E-state index in [2.05, 4.69) is 12.6 Å². The van der Waals surface area contributed by atoms with Crippen molar-refractivity contribution in [1.82, 2.24) is 0 Å². The van der Waals surface area contributed by atoms with Crippen LogP contribution in [0.4, 0.5) is 0 Å². The summed E-state index contributed by atoms with van der Waals surface area (Å²) in [5.74, 6) is 0.175. The van der Waals surface area contributed by atoms with Crippen molar-refractivity contribution in [2.24, 2.45) is 0 Å². The molecular weight excluding hydrogens is 170 g/mol. The van der Waals surface area contributed by atoms with E-state index in [9.17, 15) is 4.79 Å². The number of benzene rings is 1. The number of rotatable bonds is 2. The predicted octanol–water partition coefficient (Wildman–Crippen LogP) is 1.67. The van der Waals surface area contributed by atoms with Crippen LogP contribution in [-0.2, 0) is 0 Å². The molecule has 2 nitrogen and oxygen atoms in total. The van der Waals surface area contributed by atoms with Gasteiger partial charge in [-0.15, -0.1) is 0 Å². The van der Waals surface area contributed by atoms with Crippen LogP contribution in [0, 0.1) is 11.3 Å². The molecule has 0 aromatic heterocycles. The maximum Gasteiger partial charge on any atom is 0.172 e. The Hall–Kier alpha value is -1.27. The zero-order chi connectivity index (χ0) is 8.97. The molecule has 0 aliphatic rings. The molecular formula is C9H7NOS. The molecule has 1 aromatic carbocycles. The highest BCUT2D eigenvalue weighted by Gasteiger charge is 2.01. The van der Waals surface area contributed by atoms with E-state index in [4.69, 9.17) is 5.26 Å². The average molecular weight is 177 g/mol. The number of nitriles is 1. The standard InChI is InChI=1S/C9H7NOS/c10-5-7-1-3-8(4-2-7)9(11)6-12/h1-4,12H,6H2. The molecule has 0 fully saturated rings. The Kier molecular flexibility index (Phi) is 2.89. The summed E-state index contributed by atoms with van der Waals surface area (Å²) in [6.07, 6.45) is 0. The summed E-state index contributed by atoms with van der Waals surface area (Å²) in [7, 11) is 0. The fourth-order valence-electron chi connectivity index (χ4n) is 0.822. The highest BCUT2D eigenvalue weighted by atomic mass is 32.1. The van der Waals surface area contributed by atoms with Gasteiger partial charge in [-0.2, -0.15) is 17.9 Å². The van der Waals surface area contributed by atoms with Crippen LogP contribution in [0.25, 0.3) is 0 Å². The molecule has 1 rings (SSSR count). The van der Waals surface area contributed by atoms with E-state index in [1.165, 1.54) is 0 Å². The lowest BCUT2D eigenvalue weighted by atomic mass is 10.1. The van der Waals surface area contributed by atoms with E-state index < -0.39 is 0 Å². The minimum Gasteiger partial charge on any atom is -0.293 e. The largest absolute Gasteiger partial charge is 0.293 e. The number of hydrogen-bond donors (Lipinski definition) is 1. The van der Waals surface area contributed by atoms with E-state index in [0.29, 0.717) is 11.1 Å². The Morgan fingerprint density at radius 3 is 2.42 bits per heavy atom. The van der Waals surface area contributed by atoms with E-state index in [-0.39, 0.29) is 11.5 Å². The van der Waals surface area contributed by atoms with Crippen molar-refractivity contribution in [3.63, 3.8) is 0 Å². The molecule has 0 aliphatic heterocycles. The molecule has 0 radical (unpaired) electrons. The maximum atomic E-state index is 11.1. The van der Waals surface area contributed by atoms with Crippen molar-refractivity contribution >= 4 is 18.4 Å². The van der Waals surface area contributed by atoms with Gasteiger partial charge in [-0.05, 0) is 12.1 Å². The van der Waals surface area contributed by atoms with E-state index in [1.807, 2.05) is 6.07 Å². The first kappa shape index (κ1) is 8.82. The van der Waals surface area contributed by atoms with Gasteiger partial charge in [0.1, 0.15) is 0 Å². The van der Waals surface area contributed by atoms with Gasteiger partial charge in [0.15, 0.2) is 5.78 Å². The Labute approximate surface area is 76.2 Å². The van der Waals surface area contributed by atoms with Gasteiger partial charge < -0.3 is 0 Å². The number of ketones is 1.